The lowest BCUT2D eigenvalue weighted by atomic mass is 9.53. The number of amides is 2. The van der Waals surface area contributed by atoms with Gasteiger partial charge in [0, 0.05) is 18.8 Å². The highest BCUT2D eigenvalue weighted by Gasteiger charge is 2.51. The number of pyridine rings is 1. The van der Waals surface area contributed by atoms with Crippen LogP contribution in [-0.2, 0) is 13.6 Å². The minimum absolute atomic E-state index is 0.0437. The van der Waals surface area contributed by atoms with Crippen LogP contribution >= 0.6 is 0 Å². The number of hydrogen-bond donors (Lipinski definition) is 2. The molecule has 6 rings (SSSR count). The summed E-state index contributed by atoms with van der Waals surface area (Å²) in [6, 6.07) is 7.77. The maximum absolute atomic E-state index is 12.6. The highest BCUT2D eigenvalue weighted by molar-refractivity contribution is 5.75. The van der Waals surface area contributed by atoms with Crippen LogP contribution in [0, 0.1) is 17.8 Å². The number of aromatic nitrogens is 3. The Morgan fingerprint density at radius 3 is 2.52 bits per heavy atom. The van der Waals surface area contributed by atoms with Crippen LogP contribution in [0.15, 0.2) is 30.5 Å². The fourth-order valence-electron chi connectivity index (χ4n) is 6.09. The van der Waals surface area contributed by atoms with Gasteiger partial charge in [-0.05, 0) is 74.5 Å². The van der Waals surface area contributed by atoms with Crippen LogP contribution in [0.4, 0.5) is 4.79 Å². The van der Waals surface area contributed by atoms with Crippen LogP contribution in [0.2, 0.25) is 0 Å². The van der Waals surface area contributed by atoms with Gasteiger partial charge in [0.1, 0.15) is 0 Å². The summed E-state index contributed by atoms with van der Waals surface area (Å²) in [4.78, 5) is 17.0. The molecule has 4 saturated carbocycles. The van der Waals surface area contributed by atoms with E-state index in [1.54, 1.807) is 6.20 Å². The number of carbonyl (C=O) groups is 1. The van der Waals surface area contributed by atoms with Crippen molar-refractivity contribution in [3.05, 3.63) is 36.2 Å². The molecule has 4 fully saturated rings. The summed E-state index contributed by atoms with van der Waals surface area (Å²) in [7, 11) is 1.91. The van der Waals surface area contributed by atoms with Crippen molar-refractivity contribution >= 4 is 6.03 Å². The van der Waals surface area contributed by atoms with Crippen LogP contribution < -0.4 is 10.6 Å². The summed E-state index contributed by atoms with van der Waals surface area (Å²) in [5.74, 6) is 2.48. The Morgan fingerprint density at radius 2 is 1.89 bits per heavy atom. The molecular formula is C21H27N5O. The van der Waals surface area contributed by atoms with E-state index in [9.17, 15) is 4.79 Å². The van der Waals surface area contributed by atoms with E-state index in [1.165, 1.54) is 38.5 Å². The summed E-state index contributed by atoms with van der Waals surface area (Å²) >= 11 is 0. The Balaban J connectivity index is 1.22. The van der Waals surface area contributed by atoms with Crippen LogP contribution in [0.1, 0.15) is 44.2 Å². The van der Waals surface area contributed by atoms with Gasteiger partial charge in [-0.2, -0.15) is 5.10 Å². The van der Waals surface area contributed by atoms with Crippen molar-refractivity contribution in [2.75, 3.05) is 0 Å². The summed E-state index contributed by atoms with van der Waals surface area (Å²) in [6.45, 7) is 0.429. The van der Waals surface area contributed by atoms with Gasteiger partial charge in [0.05, 0.1) is 23.6 Å². The summed E-state index contributed by atoms with van der Waals surface area (Å²) in [6.07, 6.45) is 9.42. The molecule has 0 aliphatic heterocycles. The average molecular weight is 365 g/mol. The van der Waals surface area contributed by atoms with Crippen molar-refractivity contribution in [3.8, 4) is 11.4 Å². The number of nitrogens with zero attached hydrogens (tertiary/aromatic N) is 3. The Kier molecular flexibility index (Phi) is 3.95. The first-order valence-electron chi connectivity index (χ1n) is 10.1. The minimum atomic E-state index is -0.0537. The van der Waals surface area contributed by atoms with Crippen LogP contribution in [0.3, 0.4) is 0 Å². The van der Waals surface area contributed by atoms with Gasteiger partial charge in [-0.3, -0.25) is 9.67 Å². The SMILES string of the molecule is Cn1nc(CNC(=O)NC23CC4CC(CC(C4)C2)C3)cc1-c1ccccn1. The molecule has 4 bridgehead atoms. The van der Waals surface area contributed by atoms with E-state index in [-0.39, 0.29) is 11.6 Å². The summed E-state index contributed by atoms with van der Waals surface area (Å²) in [5, 5.41) is 10.9. The number of rotatable bonds is 4. The van der Waals surface area contributed by atoms with E-state index in [4.69, 9.17) is 0 Å². The molecule has 0 spiro atoms. The first-order chi connectivity index (χ1) is 13.1. The lowest BCUT2D eigenvalue weighted by molar-refractivity contribution is -0.0135. The Morgan fingerprint density at radius 1 is 1.19 bits per heavy atom. The van der Waals surface area contributed by atoms with Crippen LogP contribution in [0.5, 0.6) is 0 Å². The highest BCUT2D eigenvalue weighted by Crippen LogP contribution is 2.55. The molecule has 0 saturated heterocycles. The smallest absolute Gasteiger partial charge is 0.315 e. The molecule has 0 atom stereocenters. The van der Waals surface area contributed by atoms with E-state index in [0.29, 0.717) is 6.54 Å². The third-order valence-corrected chi connectivity index (χ3v) is 6.70. The predicted octanol–water partition coefficient (Wildman–Crippen LogP) is 3.25. The molecule has 2 aromatic rings. The maximum Gasteiger partial charge on any atom is 0.315 e. The monoisotopic (exact) mass is 365 g/mol. The van der Waals surface area contributed by atoms with E-state index in [1.807, 2.05) is 36.0 Å². The number of nitrogens with one attached hydrogen (secondary N) is 2. The minimum Gasteiger partial charge on any atom is -0.333 e. The lowest BCUT2D eigenvalue weighted by Crippen LogP contribution is -2.61. The van der Waals surface area contributed by atoms with Gasteiger partial charge in [0.25, 0.3) is 0 Å². The number of hydrogen-bond acceptors (Lipinski definition) is 3. The van der Waals surface area contributed by atoms with E-state index in [2.05, 4.69) is 20.7 Å². The second-order valence-corrected chi connectivity index (χ2v) is 8.87. The molecule has 2 amide bonds. The fourth-order valence-corrected chi connectivity index (χ4v) is 6.09. The van der Waals surface area contributed by atoms with Crippen LogP contribution in [-0.4, -0.2) is 26.3 Å². The topological polar surface area (TPSA) is 71.8 Å². The van der Waals surface area contributed by atoms with Gasteiger partial charge >= 0.3 is 6.03 Å². The first kappa shape index (κ1) is 16.8. The Hall–Kier alpha value is -2.37. The predicted molar refractivity (Wildman–Crippen MR) is 103 cm³/mol. The molecule has 4 aliphatic rings. The van der Waals surface area contributed by atoms with Crippen molar-refractivity contribution in [2.45, 2.75) is 50.6 Å². The van der Waals surface area contributed by atoms with Gasteiger partial charge < -0.3 is 10.6 Å². The zero-order valence-corrected chi connectivity index (χ0v) is 15.8. The number of aryl methyl sites for hydroxylation is 1. The van der Waals surface area contributed by atoms with Gasteiger partial charge in [-0.15, -0.1) is 0 Å². The highest BCUT2D eigenvalue weighted by atomic mass is 16.2. The molecule has 0 radical (unpaired) electrons. The standard InChI is InChI=1S/C21H27N5O/c1-26-19(18-4-2-3-5-22-18)9-17(25-26)13-23-20(27)24-21-10-14-6-15(11-21)8-16(7-14)12-21/h2-5,9,14-16H,6-8,10-13H2,1H3,(H2,23,24,27). The summed E-state index contributed by atoms with van der Waals surface area (Å²) < 4.78 is 1.82. The zero-order valence-electron chi connectivity index (χ0n) is 15.8. The molecule has 6 nitrogen and oxygen atoms in total. The molecule has 142 valence electrons. The van der Waals surface area contributed by atoms with E-state index < -0.39 is 0 Å². The van der Waals surface area contributed by atoms with Gasteiger partial charge in [-0.1, -0.05) is 6.07 Å². The molecule has 4 aliphatic carbocycles. The molecule has 6 heteroatoms. The largest absolute Gasteiger partial charge is 0.333 e. The van der Waals surface area contributed by atoms with Gasteiger partial charge in [0.2, 0.25) is 0 Å². The van der Waals surface area contributed by atoms with E-state index >= 15 is 0 Å². The average Bonchev–Trinajstić information content (AvgIpc) is 3.00. The molecule has 0 aromatic carbocycles. The van der Waals surface area contributed by atoms with Gasteiger partial charge in [0.15, 0.2) is 0 Å². The Labute approximate surface area is 159 Å². The Bertz CT molecular complexity index is 808. The molecule has 2 aromatic heterocycles. The lowest BCUT2D eigenvalue weighted by Gasteiger charge is -2.56. The third-order valence-electron chi connectivity index (χ3n) is 6.70. The molecular weight excluding hydrogens is 338 g/mol. The molecule has 27 heavy (non-hydrogen) atoms. The van der Waals surface area contributed by atoms with Crippen molar-refractivity contribution in [1.29, 1.82) is 0 Å². The normalized spacial score (nSPS) is 31.1. The first-order valence-corrected chi connectivity index (χ1v) is 10.1. The number of urea groups is 1. The van der Waals surface area contributed by atoms with E-state index in [0.717, 1.165) is 34.8 Å². The second kappa shape index (κ2) is 6.36. The summed E-state index contributed by atoms with van der Waals surface area (Å²) in [5.41, 5.74) is 2.73. The molecule has 2 heterocycles. The quantitative estimate of drug-likeness (QED) is 0.874. The second-order valence-electron chi connectivity index (χ2n) is 8.87. The fraction of sp³-hybridized carbons (Fsp3) is 0.571. The maximum atomic E-state index is 12.6. The van der Waals surface area contributed by atoms with Crippen LogP contribution in [0.25, 0.3) is 11.4 Å². The zero-order chi connectivity index (χ0) is 18.4. The van der Waals surface area contributed by atoms with Crippen molar-refractivity contribution in [1.82, 2.24) is 25.4 Å². The van der Waals surface area contributed by atoms with Crippen molar-refractivity contribution < 1.29 is 4.79 Å². The van der Waals surface area contributed by atoms with Crippen molar-refractivity contribution in [3.63, 3.8) is 0 Å². The van der Waals surface area contributed by atoms with Gasteiger partial charge in [-0.25, -0.2) is 4.79 Å². The molecule has 2 N–H and O–H groups in total. The third kappa shape index (κ3) is 3.22. The molecule has 0 unspecified atom stereocenters. The van der Waals surface area contributed by atoms with Crippen molar-refractivity contribution in [2.24, 2.45) is 24.8 Å². The number of carbonyl (C=O) groups excluding carboxylic acids is 1.